The van der Waals surface area contributed by atoms with Crippen LogP contribution in [0.3, 0.4) is 0 Å². The summed E-state index contributed by atoms with van der Waals surface area (Å²) in [7, 11) is 2.31. The Morgan fingerprint density at radius 2 is 1.94 bits per heavy atom. The molecule has 2 bridgehead atoms. The normalized spacial score (nSPS) is 36.6. The molecule has 2 fully saturated rings. The minimum Gasteiger partial charge on any atom is -0.314 e. The number of fused-ring (bicyclic) bond motifs is 2. The second-order valence-corrected chi connectivity index (χ2v) is 6.60. The fourth-order valence-electron chi connectivity index (χ4n) is 3.29. The Labute approximate surface area is 105 Å². The van der Waals surface area contributed by atoms with Gasteiger partial charge in [0.25, 0.3) is 0 Å². The van der Waals surface area contributed by atoms with Gasteiger partial charge in [-0.1, -0.05) is 6.92 Å². The van der Waals surface area contributed by atoms with Gasteiger partial charge in [0.2, 0.25) is 0 Å². The topological polar surface area (TPSA) is 15.3 Å². The average Bonchev–Trinajstić information content (AvgIpc) is 2.52. The standard InChI is InChI=1S/C13H26N2S/c1-10(9-16-3)8-14-11-6-12-4-5-13(7-11)15(12)2/h10-14H,4-9H2,1-3H3. The van der Waals surface area contributed by atoms with E-state index in [-0.39, 0.29) is 0 Å². The van der Waals surface area contributed by atoms with Gasteiger partial charge in [-0.15, -0.1) is 0 Å². The van der Waals surface area contributed by atoms with Gasteiger partial charge in [-0.25, -0.2) is 0 Å². The highest BCUT2D eigenvalue weighted by molar-refractivity contribution is 7.98. The maximum Gasteiger partial charge on any atom is 0.0111 e. The van der Waals surface area contributed by atoms with Crippen LogP contribution in [0.2, 0.25) is 0 Å². The molecule has 0 amide bonds. The summed E-state index contributed by atoms with van der Waals surface area (Å²) in [4.78, 5) is 2.61. The molecular formula is C13H26N2S. The molecule has 0 aromatic rings. The van der Waals surface area contributed by atoms with Crippen molar-refractivity contribution in [2.24, 2.45) is 5.92 Å². The van der Waals surface area contributed by atoms with Crippen molar-refractivity contribution in [2.45, 2.75) is 50.7 Å². The first kappa shape index (κ1) is 12.7. The Balaban J connectivity index is 1.72. The molecule has 0 aromatic heterocycles. The van der Waals surface area contributed by atoms with E-state index in [4.69, 9.17) is 0 Å². The van der Waals surface area contributed by atoms with E-state index in [1.54, 1.807) is 0 Å². The molecule has 3 unspecified atom stereocenters. The second-order valence-electron chi connectivity index (χ2n) is 5.69. The van der Waals surface area contributed by atoms with Gasteiger partial charge < -0.3 is 10.2 Å². The summed E-state index contributed by atoms with van der Waals surface area (Å²) in [6.45, 7) is 3.56. The first-order chi connectivity index (χ1) is 7.70. The monoisotopic (exact) mass is 242 g/mol. The molecule has 0 spiro atoms. The van der Waals surface area contributed by atoms with E-state index in [9.17, 15) is 0 Å². The molecule has 2 nitrogen and oxygen atoms in total. The number of hydrogen-bond donors (Lipinski definition) is 1. The fraction of sp³-hybridized carbons (Fsp3) is 1.00. The lowest BCUT2D eigenvalue weighted by Crippen LogP contribution is -2.48. The van der Waals surface area contributed by atoms with Crippen LogP contribution < -0.4 is 5.32 Å². The van der Waals surface area contributed by atoms with Gasteiger partial charge in [0.15, 0.2) is 0 Å². The van der Waals surface area contributed by atoms with Gasteiger partial charge in [-0.05, 0) is 57.2 Å². The summed E-state index contributed by atoms with van der Waals surface area (Å²) in [5, 5.41) is 3.79. The summed E-state index contributed by atoms with van der Waals surface area (Å²) >= 11 is 1.96. The molecule has 2 aliphatic rings. The minimum absolute atomic E-state index is 0.790. The van der Waals surface area contributed by atoms with E-state index in [1.165, 1.54) is 38.0 Å². The lowest BCUT2D eigenvalue weighted by atomic mass is 9.97. The average molecular weight is 242 g/mol. The molecule has 94 valence electrons. The summed E-state index contributed by atoms with van der Waals surface area (Å²) in [6, 6.07) is 2.53. The Morgan fingerprint density at radius 1 is 1.31 bits per heavy atom. The zero-order chi connectivity index (χ0) is 11.5. The van der Waals surface area contributed by atoms with Crippen LogP contribution in [0.15, 0.2) is 0 Å². The molecule has 16 heavy (non-hydrogen) atoms. The number of rotatable bonds is 5. The van der Waals surface area contributed by atoms with Crippen LogP contribution >= 0.6 is 11.8 Å². The maximum absolute atomic E-state index is 3.79. The predicted molar refractivity (Wildman–Crippen MR) is 73.1 cm³/mol. The Morgan fingerprint density at radius 3 is 2.50 bits per heavy atom. The van der Waals surface area contributed by atoms with E-state index in [1.807, 2.05) is 11.8 Å². The van der Waals surface area contributed by atoms with E-state index in [2.05, 4.69) is 30.4 Å². The number of hydrogen-bond acceptors (Lipinski definition) is 3. The van der Waals surface area contributed by atoms with E-state index < -0.39 is 0 Å². The zero-order valence-corrected chi connectivity index (χ0v) is 11.7. The van der Waals surface area contributed by atoms with Crippen molar-refractivity contribution >= 4 is 11.8 Å². The quantitative estimate of drug-likeness (QED) is 0.796. The Hall–Kier alpha value is 0.270. The highest BCUT2D eigenvalue weighted by atomic mass is 32.2. The van der Waals surface area contributed by atoms with Crippen molar-refractivity contribution in [3.8, 4) is 0 Å². The van der Waals surface area contributed by atoms with E-state index >= 15 is 0 Å². The largest absolute Gasteiger partial charge is 0.314 e. The smallest absolute Gasteiger partial charge is 0.0111 e. The molecule has 2 rings (SSSR count). The van der Waals surface area contributed by atoms with E-state index in [0.29, 0.717) is 0 Å². The van der Waals surface area contributed by atoms with Crippen molar-refractivity contribution < 1.29 is 0 Å². The first-order valence-electron chi connectivity index (χ1n) is 6.65. The van der Waals surface area contributed by atoms with Crippen LogP contribution in [0.5, 0.6) is 0 Å². The highest BCUT2D eigenvalue weighted by Gasteiger charge is 2.38. The molecule has 0 aromatic carbocycles. The molecule has 1 N–H and O–H groups in total. The molecule has 0 radical (unpaired) electrons. The maximum atomic E-state index is 3.79. The van der Waals surface area contributed by atoms with Gasteiger partial charge >= 0.3 is 0 Å². The molecule has 2 saturated heterocycles. The number of nitrogens with one attached hydrogen (secondary N) is 1. The molecule has 2 heterocycles. The molecule has 2 aliphatic heterocycles. The van der Waals surface area contributed by atoms with Crippen LogP contribution in [0.4, 0.5) is 0 Å². The van der Waals surface area contributed by atoms with E-state index in [0.717, 1.165) is 24.0 Å². The third-order valence-electron chi connectivity index (χ3n) is 4.30. The number of nitrogens with zero attached hydrogens (tertiary/aromatic N) is 1. The van der Waals surface area contributed by atoms with Crippen LogP contribution in [0.25, 0.3) is 0 Å². The third kappa shape index (κ3) is 2.93. The van der Waals surface area contributed by atoms with Gasteiger partial charge in [0.05, 0.1) is 0 Å². The van der Waals surface area contributed by atoms with Crippen molar-refractivity contribution in [2.75, 3.05) is 25.6 Å². The van der Waals surface area contributed by atoms with Crippen LogP contribution in [-0.4, -0.2) is 48.6 Å². The van der Waals surface area contributed by atoms with Crippen molar-refractivity contribution in [1.82, 2.24) is 10.2 Å². The summed E-state index contributed by atoms with van der Waals surface area (Å²) in [5.41, 5.74) is 0. The second kappa shape index (κ2) is 5.74. The molecule has 3 heteroatoms. The molecule has 0 saturated carbocycles. The SMILES string of the molecule is CSCC(C)CNC1CC2CCC(C1)N2C. The fourth-order valence-corrected chi connectivity index (χ4v) is 3.98. The van der Waals surface area contributed by atoms with Crippen molar-refractivity contribution in [3.63, 3.8) is 0 Å². The molecule has 0 aliphatic carbocycles. The van der Waals surface area contributed by atoms with Crippen LogP contribution in [-0.2, 0) is 0 Å². The summed E-state index contributed by atoms with van der Waals surface area (Å²) in [5.74, 6) is 2.10. The molecule has 3 atom stereocenters. The lowest BCUT2D eigenvalue weighted by molar-refractivity contribution is 0.147. The predicted octanol–water partition coefficient (Wildman–Crippen LogP) is 2.20. The Bertz CT molecular complexity index is 208. The van der Waals surface area contributed by atoms with Gasteiger partial charge in [0.1, 0.15) is 0 Å². The number of thioether (sulfide) groups is 1. The van der Waals surface area contributed by atoms with Crippen molar-refractivity contribution in [3.05, 3.63) is 0 Å². The third-order valence-corrected chi connectivity index (χ3v) is 5.21. The molecular weight excluding hydrogens is 216 g/mol. The first-order valence-corrected chi connectivity index (χ1v) is 8.04. The van der Waals surface area contributed by atoms with Crippen LogP contribution in [0, 0.1) is 5.92 Å². The summed E-state index contributed by atoms with van der Waals surface area (Å²) in [6.07, 6.45) is 7.81. The Kier molecular flexibility index (Phi) is 4.57. The van der Waals surface area contributed by atoms with Gasteiger partial charge in [-0.2, -0.15) is 11.8 Å². The van der Waals surface area contributed by atoms with Crippen molar-refractivity contribution in [1.29, 1.82) is 0 Å². The van der Waals surface area contributed by atoms with Gasteiger partial charge in [-0.3, -0.25) is 0 Å². The summed E-state index contributed by atoms with van der Waals surface area (Å²) < 4.78 is 0. The van der Waals surface area contributed by atoms with Crippen LogP contribution in [0.1, 0.15) is 32.6 Å². The lowest BCUT2D eigenvalue weighted by Gasteiger charge is -2.37. The minimum atomic E-state index is 0.790. The van der Waals surface area contributed by atoms with Gasteiger partial charge in [0, 0.05) is 18.1 Å². The number of piperidine rings is 1. The zero-order valence-electron chi connectivity index (χ0n) is 10.9. The highest BCUT2D eigenvalue weighted by Crippen LogP contribution is 2.34.